The quantitative estimate of drug-likeness (QED) is 0.911. The lowest BCUT2D eigenvalue weighted by Gasteiger charge is -2.12. The Bertz CT molecular complexity index is 485. The number of aliphatic hydroxyl groups is 1. The third-order valence-corrected chi connectivity index (χ3v) is 3.01. The highest BCUT2D eigenvalue weighted by Gasteiger charge is 2.10. The molecule has 0 aliphatic carbocycles. The molecule has 0 saturated heterocycles. The lowest BCUT2D eigenvalue weighted by Crippen LogP contribution is -2.01. The first-order valence-electron chi connectivity index (χ1n) is 5.15. The van der Waals surface area contributed by atoms with Gasteiger partial charge in [0.05, 0.1) is 6.10 Å². The van der Waals surface area contributed by atoms with E-state index in [1.807, 2.05) is 5.38 Å². The Labute approximate surface area is 103 Å². The zero-order chi connectivity index (χ0) is 12.3. The third-order valence-electron chi connectivity index (χ3n) is 2.26. The van der Waals surface area contributed by atoms with Gasteiger partial charge in [-0.15, -0.1) is 11.3 Å². The molecule has 0 spiro atoms. The molecule has 0 aliphatic heterocycles. The Morgan fingerprint density at radius 3 is 3.00 bits per heavy atom. The van der Waals surface area contributed by atoms with Crippen molar-refractivity contribution in [1.29, 1.82) is 0 Å². The Hall–Kier alpha value is -1.46. The lowest BCUT2D eigenvalue weighted by molar-refractivity contribution is 0.190. The van der Waals surface area contributed by atoms with Crippen LogP contribution in [-0.2, 0) is 6.61 Å². The zero-order valence-corrected chi connectivity index (χ0v) is 10.1. The van der Waals surface area contributed by atoms with Crippen molar-refractivity contribution in [2.24, 2.45) is 0 Å². The van der Waals surface area contributed by atoms with Gasteiger partial charge in [-0.3, -0.25) is 0 Å². The Kier molecular flexibility index (Phi) is 3.71. The van der Waals surface area contributed by atoms with Crippen LogP contribution in [0.5, 0.6) is 5.75 Å². The molecule has 0 aliphatic rings. The van der Waals surface area contributed by atoms with Crippen LogP contribution < -0.4 is 4.74 Å². The number of ether oxygens (including phenoxy) is 1. The van der Waals surface area contributed by atoms with Crippen molar-refractivity contribution in [3.63, 3.8) is 0 Å². The fraction of sp³-hybridized carbons (Fsp3) is 0.250. The molecule has 2 rings (SSSR count). The summed E-state index contributed by atoms with van der Waals surface area (Å²) in [5, 5.41) is 12.2. The van der Waals surface area contributed by atoms with E-state index in [1.54, 1.807) is 13.1 Å². The Morgan fingerprint density at radius 2 is 2.35 bits per heavy atom. The molecule has 5 heteroatoms. The highest BCUT2D eigenvalue weighted by molar-refractivity contribution is 7.09. The first-order chi connectivity index (χ1) is 8.16. The van der Waals surface area contributed by atoms with E-state index in [1.165, 1.54) is 29.5 Å². The molecule has 2 aromatic rings. The van der Waals surface area contributed by atoms with Crippen LogP contribution in [0.25, 0.3) is 0 Å². The highest BCUT2D eigenvalue weighted by Crippen LogP contribution is 2.26. The van der Waals surface area contributed by atoms with Gasteiger partial charge in [0.15, 0.2) is 0 Å². The van der Waals surface area contributed by atoms with E-state index in [9.17, 15) is 9.50 Å². The minimum absolute atomic E-state index is 0.279. The van der Waals surface area contributed by atoms with Gasteiger partial charge in [0.25, 0.3) is 0 Å². The molecular formula is C12H12FNO2S. The molecule has 0 saturated carbocycles. The maximum atomic E-state index is 13.1. The molecule has 1 heterocycles. The second-order valence-electron chi connectivity index (χ2n) is 3.57. The van der Waals surface area contributed by atoms with Crippen molar-refractivity contribution in [2.75, 3.05) is 0 Å². The second kappa shape index (κ2) is 5.25. The van der Waals surface area contributed by atoms with Crippen LogP contribution in [0.2, 0.25) is 0 Å². The van der Waals surface area contributed by atoms with Gasteiger partial charge in [-0.1, -0.05) is 0 Å². The maximum absolute atomic E-state index is 13.1. The standard InChI is InChI=1S/C12H12FNO2S/c1-8(15)10-3-2-9(13)6-11(10)16-7-12-14-4-5-17-12/h2-6,8,15H,7H2,1H3. The topological polar surface area (TPSA) is 42.4 Å². The van der Waals surface area contributed by atoms with Crippen LogP contribution in [0.3, 0.4) is 0 Å². The number of aromatic nitrogens is 1. The number of benzene rings is 1. The predicted octanol–water partition coefficient (Wildman–Crippen LogP) is 2.91. The smallest absolute Gasteiger partial charge is 0.140 e. The van der Waals surface area contributed by atoms with E-state index in [-0.39, 0.29) is 12.4 Å². The van der Waals surface area contributed by atoms with Crippen LogP contribution in [-0.4, -0.2) is 10.1 Å². The van der Waals surface area contributed by atoms with Crippen molar-refractivity contribution in [1.82, 2.24) is 4.98 Å². The summed E-state index contributed by atoms with van der Waals surface area (Å²) in [5.74, 6) is -0.0289. The van der Waals surface area contributed by atoms with Crippen LogP contribution >= 0.6 is 11.3 Å². The lowest BCUT2D eigenvalue weighted by atomic mass is 10.1. The van der Waals surface area contributed by atoms with Crippen molar-refractivity contribution < 1.29 is 14.2 Å². The number of nitrogens with zero attached hydrogens (tertiary/aromatic N) is 1. The van der Waals surface area contributed by atoms with Gasteiger partial charge in [-0.2, -0.15) is 0 Å². The molecule has 0 bridgehead atoms. The highest BCUT2D eigenvalue weighted by atomic mass is 32.1. The summed E-state index contributed by atoms with van der Waals surface area (Å²) in [6.45, 7) is 1.89. The van der Waals surface area contributed by atoms with Crippen LogP contribution in [0.1, 0.15) is 23.6 Å². The molecule has 0 radical (unpaired) electrons. The summed E-state index contributed by atoms with van der Waals surface area (Å²) < 4.78 is 18.6. The average Bonchev–Trinajstić information content (AvgIpc) is 2.78. The number of hydrogen-bond acceptors (Lipinski definition) is 4. The fourth-order valence-corrected chi connectivity index (χ4v) is 1.97. The third kappa shape index (κ3) is 3.01. The minimum atomic E-state index is -0.693. The molecule has 0 fully saturated rings. The molecule has 3 nitrogen and oxygen atoms in total. The number of hydrogen-bond donors (Lipinski definition) is 1. The van der Waals surface area contributed by atoms with Crippen molar-refractivity contribution in [2.45, 2.75) is 19.6 Å². The molecule has 17 heavy (non-hydrogen) atoms. The normalized spacial score (nSPS) is 12.4. The first kappa shape index (κ1) is 12.0. The monoisotopic (exact) mass is 253 g/mol. The van der Waals surface area contributed by atoms with Crippen LogP contribution in [0.15, 0.2) is 29.8 Å². The number of aliphatic hydroxyl groups excluding tert-OH is 1. The van der Waals surface area contributed by atoms with Crippen LogP contribution in [0, 0.1) is 5.82 Å². The summed E-state index contributed by atoms with van der Waals surface area (Å²) in [4.78, 5) is 4.07. The molecule has 0 amide bonds. The molecule has 90 valence electrons. The second-order valence-corrected chi connectivity index (χ2v) is 4.55. The largest absolute Gasteiger partial charge is 0.486 e. The van der Waals surface area contributed by atoms with Crippen molar-refractivity contribution >= 4 is 11.3 Å². The van der Waals surface area contributed by atoms with Crippen molar-refractivity contribution in [3.8, 4) is 5.75 Å². The zero-order valence-electron chi connectivity index (χ0n) is 9.26. The average molecular weight is 253 g/mol. The van der Waals surface area contributed by atoms with E-state index in [0.29, 0.717) is 11.3 Å². The van der Waals surface area contributed by atoms with Gasteiger partial charge in [0, 0.05) is 23.2 Å². The van der Waals surface area contributed by atoms with E-state index < -0.39 is 6.10 Å². The van der Waals surface area contributed by atoms with Gasteiger partial charge < -0.3 is 9.84 Å². The summed E-state index contributed by atoms with van der Waals surface area (Å²) in [6, 6.07) is 4.10. The van der Waals surface area contributed by atoms with E-state index in [2.05, 4.69) is 4.98 Å². The number of halogens is 1. The van der Waals surface area contributed by atoms with Gasteiger partial charge in [0.2, 0.25) is 0 Å². The number of thiazole rings is 1. The Morgan fingerprint density at radius 1 is 1.53 bits per heavy atom. The molecule has 1 aromatic carbocycles. The predicted molar refractivity (Wildman–Crippen MR) is 63.5 cm³/mol. The summed E-state index contributed by atoms with van der Waals surface area (Å²) in [5.41, 5.74) is 0.572. The molecule has 1 aromatic heterocycles. The SMILES string of the molecule is CC(O)c1ccc(F)cc1OCc1nccs1. The first-order valence-corrected chi connectivity index (χ1v) is 6.03. The molecular weight excluding hydrogens is 241 g/mol. The van der Waals surface area contributed by atoms with Crippen molar-refractivity contribution in [3.05, 3.63) is 46.2 Å². The fourth-order valence-electron chi connectivity index (χ4n) is 1.44. The molecule has 1 unspecified atom stereocenters. The van der Waals surface area contributed by atoms with E-state index in [4.69, 9.17) is 4.74 Å². The van der Waals surface area contributed by atoms with Gasteiger partial charge in [-0.25, -0.2) is 9.37 Å². The maximum Gasteiger partial charge on any atom is 0.140 e. The molecule has 1 N–H and O–H groups in total. The summed E-state index contributed by atoms with van der Waals surface area (Å²) in [7, 11) is 0. The van der Waals surface area contributed by atoms with E-state index >= 15 is 0 Å². The number of rotatable bonds is 4. The molecule has 1 atom stereocenters. The minimum Gasteiger partial charge on any atom is -0.486 e. The van der Waals surface area contributed by atoms with Gasteiger partial charge >= 0.3 is 0 Å². The Balaban J connectivity index is 2.16. The van der Waals surface area contributed by atoms with E-state index in [0.717, 1.165) is 5.01 Å². The summed E-state index contributed by atoms with van der Waals surface area (Å²) >= 11 is 1.47. The van der Waals surface area contributed by atoms with Gasteiger partial charge in [-0.05, 0) is 19.1 Å². The van der Waals surface area contributed by atoms with Crippen LogP contribution in [0.4, 0.5) is 4.39 Å². The van der Waals surface area contributed by atoms with Gasteiger partial charge in [0.1, 0.15) is 23.2 Å². The summed E-state index contributed by atoms with van der Waals surface area (Å²) in [6.07, 6.45) is 0.992.